The number of ether oxygens (including phenoxy) is 2. The predicted octanol–water partition coefficient (Wildman–Crippen LogP) is 2.60. The minimum absolute atomic E-state index is 0.0676. The van der Waals surface area contributed by atoms with Gasteiger partial charge in [-0.2, -0.15) is 4.31 Å². The van der Waals surface area contributed by atoms with Crippen LogP contribution in [-0.2, 0) is 25.2 Å². The van der Waals surface area contributed by atoms with Gasteiger partial charge in [-0.05, 0) is 38.8 Å². The van der Waals surface area contributed by atoms with Crippen LogP contribution in [0, 0.1) is 10.1 Å². The monoisotopic (exact) mass is 396 g/mol. The summed E-state index contributed by atoms with van der Waals surface area (Å²) < 4.78 is 38.8. The van der Waals surface area contributed by atoms with Crippen molar-refractivity contribution in [3.8, 4) is 0 Å². The molecule has 0 spiro atoms. The molecule has 148 valence electrons. The number of non-ortho nitro benzene ring substituents is 1. The van der Waals surface area contributed by atoms with Crippen molar-refractivity contribution >= 4 is 15.7 Å². The fraction of sp³-hybridized carbons (Fsp3) is 0.556. The van der Waals surface area contributed by atoms with Crippen LogP contribution in [-0.4, -0.2) is 48.2 Å². The van der Waals surface area contributed by atoms with Gasteiger partial charge in [0.1, 0.15) is 0 Å². The molecule has 2 aliphatic rings. The van der Waals surface area contributed by atoms with Crippen LogP contribution in [0.5, 0.6) is 0 Å². The van der Waals surface area contributed by atoms with E-state index in [1.54, 1.807) is 0 Å². The normalized spacial score (nSPS) is 22.7. The zero-order chi connectivity index (χ0) is 20.0. The molecular formula is C18H24N2O6S. The maximum absolute atomic E-state index is 12.7. The molecule has 1 fully saturated rings. The molecule has 0 atom stereocenters. The Balaban J connectivity index is 1.66. The Kier molecular flexibility index (Phi) is 4.92. The summed E-state index contributed by atoms with van der Waals surface area (Å²) in [6.07, 6.45) is 1.27. The summed E-state index contributed by atoms with van der Waals surface area (Å²) in [5.41, 5.74) is 0.264. The Morgan fingerprint density at radius 1 is 1.15 bits per heavy atom. The van der Waals surface area contributed by atoms with Gasteiger partial charge in [0.25, 0.3) is 5.69 Å². The predicted molar refractivity (Wildman–Crippen MR) is 99.5 cm³/mol. The summed E-state index contributed by atoms with van der Waals surface area (Å²) >= 11 is 0. The highest BCUT2D eigenvalue weighted by Gasteiger charge is 2.50. The van der Waals surface area contributed by atoms with Gasteiger partial charge in [0, 0.05) is 25.2 Å². The molecule has 1 aromatic rings. The van der Waals surface area contributed by atoms with E-state index in [1.807, 2.05) is 33.8 Å². The number of hydrogen-bond donors (Lipinski definition) is 0. The van der Waals surface area contributed by atoms with E-state index >= 15 is 0 Å². The second-order valence-electron chi connectivity index (χ2n) is 7.84. The van der Waals surface area contributed by atoms with Crippen molar-refractivity contribution in [2.75, 3.05) is 13.1 Å². The van der Waals surface area contributed by atoms with Gasteiger partial charge in [-0.25, -0.2) is 8.42 Å². The van der Waals surface area contributed by atoms with E-state index in [0.717, 1.165) is 5.57 Å². The minimum atomic E-state index is -3.57. The number of sulfonamides is 1. The summed E-state index contributed by atoms with van der Waals surface area (Å²) in [7, 11) is -3.57. The largest absolute Gasteiger partial charge is 0.340 e. The molecule has 3 rings (SSSR count). The van der Waals surface area contributed by atoms with Gasteiger partial charge >= 0.3 is 0 Å². The van der Waals surface area contributed by atoms with Crippen molar-refractivity contribution in [1.82, 2.24) is 4.31 Å². The standard InChI is InChI=1S/C18H24N2O6S/c1-17(2)18(3,4)26-16(25-17)14-9-10-19(11-14)27(23,24)12-13-5-7-15(8-6-13)20(21)22/h5-9,16H,10-12H2,1-4H3. The maximum atomic E-state index is 12.7. The average molecular weight is 396 g/mol. The van der Waals surface area contributed by atoms with Crippen LogP contribution in [0.4, 0.5) is 5.69 Å². The topological polar surface area (TPSA) is 99.0 Å². The van der Waals surface area contributed by atoms with Gasteiger partial charge < -0.3 is 9.47 Å². The number of nitro groups is 1. The van der Waals surface area contributed by atoms with Gasteiger partial charge in [-0.1, -0.05) is 18.2 Å². The quantitative estimate of drug-likeness (QED) is 0.431. The van der Waals surface area contributed by atoms with Gasteiger partial charge in [-0.15, -0.1) is 0 Å². The molecule has 0 radical (unpaired) electrons. The van der Waals surface area contributed by atoms with Crippen molar-refractivity contribution in [1.29, 1.82) is 0 Å². The number of nitrogens with zero attached hydrogens (tertiary/aromatic N) is 2. The summed E-state index contributed by atoms with van der Waals surface area (Å²) in [5.74, 6) is -0.213. The number of hydrogen-bond acceptors (Lipinski definition) is 6. The van der Waals surface area contributed by atoms with Crippen LogP contribution < -0.4 is 0 Å². The molecule has 1 aromatic carbocycles. The molecule has 0 aliphatic carbocycles. The van der Waals surface area contributed by atoms with Crippen LogP contribution in [0.2, 0.25) is 0 Å². The Bertz CT molecular complexity index is 858. The fourth-order valence-electron chi connectivity index (χ4n) is 2.94. The van der Waals surface area contributed by atoms with Crippen LogP contribution in [0.3, 0.4) is 0 Å². The first-order valence-electron chi connectivity index (χ1n) is 8.67. The Hall–Kier alpha value is -1.81. The van der Waals surface area contributed by atoms with Gasteiger partial charge in [0.2, 0.25) is 10.0 Å². The molecule has 2 heterocycles. The molecule has 0 amide bonds. The molecule has 27 heavy (non-hydrogen) atoms. The molecule has 0 unspecified atom stereocenters. The first-order chi connectivity index (χ1) is 12.4. The van der Waals surface area contributed by atoms with Crippen LogP contribution in [0.1, 0.15) is 33.3 Å². The zero-order valence-corrected chi connectivity index (χ0v) is 16.7. The first kappa shape index (κ1) is 19.9. The van der Waals surface area contributed by atoms with Crippen LogP contribution in [0.25, 0.3) is 0 Å². The van der Waals surface area contributed by atoms with Crippen molar-refractivity contribution in [2.24, 2.45) is 0 Å². The molecule has 9 heteroatoms. The van der Waals surface area contributed by atoms with E-state index in [2.05, 4.69) is 0 Å². The summed E-state index contributed by atoms with van der Waals surface area (Å²) in [6.45, 7) is 8.27. The SMILES string of the molecule is CC1(C)OC(C2=CCN(S(=O)(=O)Cc3ccc([N+](=O)[O-])cc3)C2)OC1(C)C. The maximum Gasteiger partial charge on any atom is 0.269 e. The number of benzene rings is 1. The highest BCUT2D eigenvalue weighted by Crippen LogP contribution is 2.41. The van der Waals surface area contributed by atoms with Crippen LogP contribution in [0.15, 0.2) is 35.9 Å². The third kappa shape index (κ3) is 3.91. The highest BCUT2D eigenvalue weighted by atomic mass is 32.2. The summed E-state index contributed by atoms with van der Waals surface area (Å²) in [4.78, 5) is 10.2. The number of rotatable bonds is 5. The molecule has 8 nitrogen and oxygen atoms in total. The van der Waals surface area contributed by atoms with Crippen molar-refractivity contribution in [3.63, 3.8) is 0 Å². The third-order valence-corrected chi connectivity index (χ3v) is 7.12. The van der Waals surface area contributed by atoms with E-state index in [-0.39, 0.29) is 24.5 Å². The minimum Gasteiger partial charge on any atom is -0.340 e. The van der Waals surface area contributed by atoms with Crippen molar-refractivity contribution in [2.45, 2.75) is 50.9 Å². The molecule has 2 aliphatic heterocycles. The fourth-order valence-corrected chi connectivity index (χ4v) is 4.39. The van der Waals surface area contributed by atoms with Crippen molar-refractivity contribution < 1.29 is 22.8 Å². The molecule has 0 aromatic heterocycles. The molecule has 1 saturated heterocycles. The lowest BCUT2D eigenvalue weighted by Crippen LogP contribution is -2.41. The zero-order valence-electron chi connectivity index (χ0n) is 15.8. The molecule has 0 N–H and O–H groups in total. The van der Waals surface area contributed by atoms with Gasteiger partial charge in [-0.3, -0.25) is 10.1 Å². The Labute approximate surface area is 159 Å². The Morgan fingerprint density at radius 2 is 1.70 bits per heavy atom. The van der Waals surface area contributed by atoms with Crippen LogP contribution >= 0.6 is 0 Å². The summed E-state index contributed by atoms with van der Waals surface area (Å²) in [5, 5.41) is 10.7. The second kappa shape index (κ2) is 6.66. The molecule has 0 saturated carbocycles. The second-order valence-corrected chi connectivity index (χ2v) is 9.81. The van der Waals surface area contributed by atoms with Gasteiger partial charge in [0.05, 0.1) is 21.9 Å². The number of nitro benzene ring substituents is 1. The summed E-state index contributed by atoms with van der Waals surface area (Å²) in [6, 6.07) is 5.55. The van der Waals surface area contributed by atoms with E-state index in [1.165, 1.54) is 28.6 Å². The molecule has 0 bridgehead atoms. The lowest BCUT2D eigenvalue weighted by molar-refractivity contribution is -0.384. The smallest absolute Gasteiger partial charge is 0.269 e. The van der Waals surface area contributed by atoms with E-state index in [9.17, 15) is 18.5 Å². The lowest BCUT2D eigenvalue weighted by Gasteiger charge is -2.30. The average Bonchev–Trinajstić information content (AvgIpc) is 3.11. The molecular weight excluding hydrogens is 372 g/mol. The highest BCUT2D eigenvalue weighted by molar-refractivity contribution is 7.88. The third-order valence-electron chi connectivity index (χ3n) is 5.36. The first-order valence-corrected chi connectivity index (χ1v) is 10.3. The van der Waals surface area contributed by atoms with Gasteiger partial charge in [0.15, 0.2) is 6.29 Å². The van der Waals surface area contributed by atoms with E-state index in [4.69, 9.17) is 9.47 Å². The Morgan fingerprint density at radius 3 is 2.22 bits per heavy atom. The van der Waals surface area contributed by atoms with Crippen molar-refractivity contribution in [3.05, 3.63) is 51.6 Å². The lowest BCUT2D eigenvalue weighted by atomic mass is 9.90. The van der Waals surface area contributed by atoms with E-state index in [0.29, 0.717) is 5.56 Å². The van der Waals surface area contributed by atoms with E-state index < -0.39 is 32.4 Å².